The van der Waals surface area contributed by atoms with Crippen molar-refractivity contribution in [1.29, 1.82) is 0 Å². The first-order valence-corrected chi connectivity index (χ1v) is 5.54. The molecule has 0 saturated carbocycles. The lowest BCUT2D eigenvalue weighted by atomic mass is 9.97. The number of benzene rings is 1. The molecule has 0 aromatic heterocycles. The van der Waals surface area contributed by atoms with Crippen LogP contribution >= 0.6 is 15.9 Å². The van der Waals surface area contributed by atoms with Gasteiger partial charge in [-0.25, -0.2) is 0 Å². The van der Waals surface area contributed by atoms with E-state index in [1.54, 1.807) is 0 Å². The van der Waals surface area contributed by atoms with E-state index in [2.05, 4.69) is 46.4 Å². The van der Waals surface area contributed by atoms with Gasteiger partial charge in [-0.2, -0.15) is 0 Å². The minimum absolute atomic E-state index is 0.703. The summed E-state index contributed by atoms with van der Waals surface area (Å²) in [4.78, 5) is 0. The van der Waals surface area contributed by atoms with Crippen molar-refractivity contribution in [2.24, 2.45) is 0 Å². The summed E-state index contributed by atoms with van der Waals surface area (Å²) in [5, 5.41) is 3.40. The van der Waals surface area contributed by atoms with Gasteiger partial charge in [0.2, 0.25) is 0 Å². The first-order chi connectivity index (χ1) is 6.29. The van der Waals surface area contributed by atoms with E-state index in [1.165, 1.54) is 22.0 Å². The number of halogens is 1. The van der Waals surface area contributed by atoms with Crippen molar-refractivity contribution in [1.82, 2.24) is 5.32 Å². The molecule has 0 aliphatic carbocycles. The molecule has 1 aromatic carbocycles. The van der Waals surface area contributed by atoms with Crippen LogP contribution in [0.2, 0.25) is 0 Å². The van der Waals surface area contributed by atoms with Gasteiger partial charge in [0.25, 0.3) is 0 Å². The van der Waals surface area contributed by atoms with Crippen molar-refractivity contribution in [3.05, 3.63) is 33.8 Å². The number of nitrogens with one attached hydrogen (secondary N) is 1. The lowest BCUT2D eigenvalue weighted by Crippen LogP contribution is -2.08. The molecule has 1 heterocycles. The molecule has 1 atom stereocenters. The molecule has 0 amide bonds. The zero-order chi connectivity index (χ0) is 9.26. The number of rotatable bonds is 1. The van der Waals surface area contributed by atoms with Gasteiger partial charge in [0.15, 0.2) is 0 Å². The molecule has 0 radical (unpaired) electrons. The second-order valence-electron chi connectivity index (χ2n) is 3.67. The summed E-state index contributed by atoms with van der Waals surface area (Å²) in [7, 11) is 0. The summed E-state index contributed by atoms with van der Waals surface area (Å²) in [6, 6.07) is 6.53. The van der Waals surface area contributed by atoms with E-state index in [4.69, 9.17) is 0 Å². The van der Waals surface area contributed by atoms with E-state index in [1.807, 2.05) is 0 Å². The standard InChI is InChI=1S/C11H14BrN/c1-8-3-2-4-10(11(8)12)9-5-6-13-7-9/h2-4,9,13H,5-7H2,1H3. The molecule has 70 valence electrons. The lowest BCUT2D eigenvalue weighted by Gasteiger charge is -2.12. The molecule has 1 saturated heterocycles. The summed E-state index contributed by atoms with van der Waals surface area (Å²) < 4.78 is 1.30. The fourth-order valence-corrected chi connectivity index (χ4v) is 2.49. The second-order valence-corrected chi connectivity index (χ2v) is 4.46. The normalized spacial score (nSPS) is 22.2. The fourth-order valence-electron chi connectivity index (χ4n) is 1.91. The third-order valence-corrected chi connectivity index (χ3v) is 3.81. The zero-order valence-corrected chi connectivity index (χ0v) is 9.39. The van der Waals surface area contributed by atoms with E-state index in [0.717, 1.165) is 13.1 Å². The van der Waals surface area contributed by atoms with Gasteiger partial charge in [0.05, 0.1) is 0 Å². The highest BCUT2D eigenvalue weighted by Gasteiger charge is 2.18. The predicted octanol–water partition coefficient (Wildman–Crippen LogP) is 2.83. The van der Waals surface area contributed by atoms with Gasteiger partial charge in [0, 0.05) is 11.0 Å². The van der Waals surface area contributed by atoms with Crippen molar-refractivity contribution in [3.63, 3.8) is 0 Å². The Balaban J connectivity index is 2.33. The molecular formula is C11H14BrN. The molecule has 1 aliphatic heterocycles. The van der Waals surface area contributed by atoms with Crippen LogP contribution in [0.4, 0.5) is 0 Å². The summed E-state index contributed by atoms with van der Waals surface area (Å²) in [6.45, 7) is 4.43. The van der Waals surface area contributed by atoms with Crippen LogP contribution in [0.1, 0.15) is 23.5 Å². The van der Waals surface area contributed by atoms with Crippen molar-refractivity contribution in [2.75, 3.05) is 13.1 Å². The maximum absolute atomic E-state index is 3.66. The Hall–Kier alpha value is -0.340. The minimum Gasteiger partial charge on any atom is -0.316 e. The third kappa shape index (κ3) is 1.79. The summed E-state index contributed by atoms with van der Waals surface area (Å²) in [5.41, 5.74) is 2.80. The molecule has 1 unspecified atom stereocenters. The highest BCUT2D eigenvalue weighted by atomic mass is 79.9. The minimum atomic E-state index is 0.703. The third-order valence-electron chi connectivity index (χ3n) is 2.72. The van der Waals surface area contributed by atoms with Crippen molar-refractivity contribution < 1.29 is 0 Å². The van der Waals surface area contributed by atoms with Crippen LogP contribution in [0, 0.1) is 6.92 Å². The van der Waals surface area contributed by atoms with E-state index in [0.29, 0.717) is 5.92 Å². The molecule has 2 heteroatoms. The van der Waals surface area contributed by atoms with E-state index >= 15 is 0 Å². The molecule has 1 aliphatic rings. The van der Waals surface area contributed by atoms with Crippen LogP contribution in [0.15, 0.2) is 22.7 Å². The number of aryl methyl sites for hydroxylation is 1. The molecule has 1 aromatic rings. The van der Waals surface area contributed by atoms with Crippen molar-refractivity contribution in [2.45, 2.75) is 19.3 Å². The fraction of sp³-hybridized carbons (Fsp3) is 0.455. The average Bonchev–Trinajstić information content (AvgIpc) is 2.62. The molecule has 0 bridgehead atoms. The summed E-state index contributed by atoms with van der Waals surface area (Å²) >= 11 is 3.66. The first kappa shape index (κ1) is 9.22. The first-order valence-electron chi connectivity index (χ1n) is 4.75. The smallest absolute Gasteiger partial charge is 0.0239 e. The van der Waals surface area contributed by atoms with Crippen LogP contribution in [-0.2, 0) is 0 Å². The molecule has 2 rings (SSSR count). The van der Waals surface area contributed by atoms with Crippen LogP contribution in [-0.4, -0.2) is 13.1 Å². The number of hydrogen-bond donors (Lipinski definition) is 1. The molecule has 13 heavy (non-hydrogen) atoms. The van der Waals surface area contributed by atoms with Crippen LogP contribution < -0.4 is 5.32 Å². The Bertz CT molecular complexity index is 303. The van der Waals surface area contributed by atoms with Gasteiger partial charge in [-0.1, -0.05) is 34.1 Å². The maximum Gasteiger partial charge on any atom is 0.0239 e. The largest absolute Gasteiger partial charge is 0.316 e. The van der Waals surface area contributed by atoms with Gasteiger partial charge in [-0.15, -0.1) is 0 Å². The van der Waals surface area contributed by atoms with Gasteiger partial charge in [-0.05, 0) is 36.9 Å². The molecule has 1 fully saturated rings. The second kappa shape index (κ2) is 3.81. The van der Waals surface area contributed by atoms with Crippen molar-refractivity contribution in [3.8, 4) is 0 Å². The molecule has 1 nitrogen and oxygen atoms in total. The monoisotopic (exact) mass is 239 g/mol. The van der Waals surface area contributed by atoms with E-state index in [9.17, 15) is 0 Å². The SMILES string of the molecule is Cc1cccc(C2CCNC2)c1Br. The van der Waals surface area contributed by atoms with Crippen molar-refractivity contribution >= 4 is 15.9 Å². The number of hydrogen-bond acceptors (Lipinski definition) is 1. The Labute approximate surface area is 87.7 Å². The molecule has 0 spiro atoms. The molecule has 1 N–H and O–H groups in total. The predicted molar refractivity (Wildman–Crippen MR) is 59.1 cm³/mol. The van der Waals surface area contributed by atoms with Gasteiger partial charge >= 0.3 is 0 Å². The Kier molecular flexibility index (Phi) is 2.70. The highest BCUT2D eigenvalue weighted by molar-refractivity contribution is 9.10. The van der Waals surface area contributed by atoms with Gasteiger partial charge in [0.1, 0.15) is 0 Å². The highest BCUT2D eigenvalue weighted by Crippen LogP contribution is 2.31. The summed E-state index contributed by atoms with van der Waals surface area (Å²) in [6.07, 6.45) is 1.27. The van der Waals surface area contributed by atoms with Crippen LogP contribution in [0.5, 0.6) is 0 Å². The van der Waals surface area contributed by atoms with Gasteiger partial charge < -0.3 is 5.32 Å². The quantitative estimate of drug-likeness (QED) is 0.795. The Morgan fingerprint density at radius 1 is 1.46 bits per heavy atom. The maximum atomic E-state index is 3.66. The van der Waals surface area contributed by atoms with Crippen LogP contribution in [0.3, 0.4) is 0 Å². The lowest BCUT2D eigenvalue weighted by molar-refractivity contribution is 0.758. The Morgan fingerprint density at radius 2 is 2.31 bits per heavy atom. The van der Waals surface area contributed by atoms with Gasteiger partial charge in [-0.3, -0.25) is 0 Å². The summed E-state index contributed by atoms with van der Waals surface area (Å²) in [5.74, 6) is 0.703. The Morgan fingerprint density at radius 3 is 3.00 bits per heavy atom. The molecular weight excluding hydrogens is 226 g/mol. The van der Waals surface area contributed by atoms with E-state index in [-0.39, 0.29) is 0 Å². The van der Waals surface area contributed by atoms with E-state index < -0.39 is 0 Å². The zero-order valence-electron chi connectivity index (χ0n) is 7.81. The average molecular weight is 240 g/mol. The van der Waals surface area contributed by atoms with Crippen LogP contribution in [0.25, 0.3) is 0 Å². The topological polar surface area (TPSA) is 12.0 Å².